The molecule has 0 spiro atoms. The Bertz CT molecular complexity index is 798. The first-order valence-corrected chi connectivity index (χ1v) is 7.75. The molecular weight excluding hydrogens is 317 g/mol. The number of rotatable bonds is 2. The summed E-state index contributed by atoms with van der Waals surface area (Å²) >= 11 is 0. The molecular formula is C18H19F3N2O. The van der Waals surface area contributed by atoms with Gasteiger partial charge in [-0.15, -0.1) is 0 Å². The van der Waals surface area contributed by atoms with Crippen molar-refractivity contribution < 1.29 is 18.0 Å². The van der Waals surface area contributed by atoms with Crippen molar-refractivity contribution in [3.05, 3.63) is 47.5 Å². The molecule has 0 aliphatic carbocycles. The molecule has 1 N–H and O–H groups in total. The summed E-state index contributed by atoms with van der Waals surface area (Å²) in [4.78, 5) is 11.7. The van der Waals surface area contributed by atoms with Gasteiger partial charge >= 0.3 is 6.18 Å². The first kappa shape index (κ1) is 16.8. The Labute approximate surface area is 138 Å². The topological polar surface area (TPSA) is 32.3 Å². The standard InChI is InChI=1S/C18H19F3N2O/c1-11-13-7-5-4-6-12(13)8-9-14(11)16(18(19,20)21)23-17(2,3)10-15(24)22-23/h4-9,16H,10H2,1-3H3,(H,22,24). The van der Waals surface area contributed by atoms with E-state index >= 15 is 0 Å². The molecule has 3 rings (SSSR count). The summed E-state index contributed by atoms with van der Waals surface area (Å²) in [6.45, 7) is 4.97. The molecule has 1 unspecified atom stereocenters. The number of hydrazine groups is 1. The fourth-order valence-electron chi connectivity index (χ4n) is 3.42. The number of hydrogen-bond acceptors (Lipinski definition) is 2. The van der Waals surface area contributed by atoms with Crippen molar-refractivity contribution in [1.29, 1.82) is 0 Å². The maximum atomic E-state index is 13.9. The zero-order valence-corrected chi connectivity index (χ0v) is 13.7. The third-order valence-corrected chi connectivity index (χ3v) is 4.59. The minimum absolute atomic E-state index is 0.0339. The van der Waals surface area contributed by atoms with E-state index in [1.54, 1.807) is 26.8 Å². The number of benzene rings is 2. The van der Waals surface area contributed by atoms with Crippen molar-refractivity contribution in [2.75, 3.05) is 0 Å². The van der Waals surface area contributed by atoms with Crippen LogP contribution in [0.25, 0.3) is 10.8 Å². The molecule has 1 atom stereocenters. The van der Waals surface area contributed by atoms with Gasteiger partial charge in [-0.3, -0.25) is 10.2 Å². The monoisotopic (exact) mass is 336 g/mol. The van der Waals surface area contributed by atoms with Crippen LogP contribution >= 0.6 is 0 Å². The van der Waals surface area contributed by atoms with E-state index in [1.807, 2.05) is 24.3 Å². The van der Waals surface area contributed by atoms with E-state index in [4.69, 9.17) is 0 Å². The van der Waals surface area contributed by atoms with Crippen LogP contribution in [0.2, 0.25) is 0 Å². The number of carbonyl (C=O) groups excluding carboxylic acids is 1. The van der Waals surface area contributed by atoms with Gasteiger partial charge in [-0.2, -0.15) is 18.2 Å². The highest BCUT2D eigenvalue weighted by Crippen LogP contribution is 2.44. The summed E-state index contributed by atoms with van der Waals surface area (Å²) in [5.74, 6) is -0.396. The zero-order valence-electron chi connectivity index (χ0n) is 13.7. The minimum atomic E-state index is -4.51. The highest BCUT2D eigenvalue weighted by atomic mass is 19.4. The Morgan fingerprint density at radius 1 is 1.17 bits per heavy atom. The van der Waals surface area contributed by atoms with Crippen LogP contribution in [0.4, 0.5) is 13.2 Å². The average molecular weight is 336 g/mol. The summed E-state index contributed by atoms with van der Waals surface area (Å²) < 4.78 is 41.7. The Morgan fingerprint density at radius 2 is 1.83 bits per heavy atom. The van der Waals surface area contributed by atoms with E-state index in [1.165, 1.54) is 6.07 Å². The predicted molar refractivity (Wildman–Crippen MR) is 86.2 cm³/mol. The molecule has 24 heavy (non-hydrogen) atoms. The molecule has 6 heteroatoms. The van der Waals surface area contributed by atoms with E-state index in [9.17, 15) is 18.0 Å². The van der Waals surface area contributed by atoms with E-state index < -0.39 is 23.7 Å². The second kappa shape index (κ2) is 5.48. The zero-order chi connectivity index (χ0) is 17.7. The number of nitrogens with one attached hydrogen (secondary N) is 1. The summed E-state index contributed by atoms with van der Waals surface area (Å²) in [6, 6.07) is 8.67. The number of halogens is 3. The summed E-state index contributed by atoms with van der Waals surface area (Å²) in [7, 11) is 0. The van der Waals surface area contributed by atoms with E-state index in [2.05, 4.69) is 5.43 Å². The molecule has 128 valence electrons. The molecule has 2 aromatic rings. The van der Waals surface area contributed by atoms with E-state index in [0.717, 1.165) is 15.8 Å². The molecule has 0 aromatic heterocycles. The van der Waals surface area contributed by atoms with Crippen LogP contribution in [-0.4, -0.2) is 22.6 Å². The fraction of sp³-hybridized carbons (Fsp3) is 0.389. The molecule has 3 nitrogen and oxygen atoms in total. The molecule has 1 aliphatic heterocycles. The maximum Gasteiger partial charge on any atom is 0.409 e. The molecule has 0 radical (unpaired) electrons. The van der Waals surface area contributed by atoms with Gasteiger partial charge in [0.15, 0.2) is 6.04 Å². The highest BCUT2D eigenvalue weighted by molar-refractivity contribution is 5.86. The number of alkyl halides is 3. The summed E-state index contributed by atoms with van der Waals surface area (Å²) in [6.07, 6.45) is -4.48. The van der Waals surface area contributed by atoms with Gasteiger partial charge in [0.05, 0.1) is 0 Å². The van der Waals surface area contributed by atoms with Crippen LogP contribution in [0.1, 0.15) is 37.4 Å². The minimum Gasteiger partial charge on any atom is -0.287 e. The Kier molecular flexibility index (Phi) is 3.83. The molecule has 0 saturated carbocycles. The van der Waals surface area contributed by atoms with Crippen LogP contribution in [0.3, 0.4) is 0 Å². The smallest absolute Gasteiger partial charge is 0.287 e. The van der Waals surface area contributed by atoms with Gasteiger partial charge in [0.2, 0.25) is 5.91 Å². The van der Waals surface area contributed by atoms with Gasteiger partial charge in [0, 0.05) is 12.0 Å². The molecule has 2 aromatic carbocycles. The van der Waals surface area contributed by atoms with Crippen molar-refractivity contribution >= 4 is 16.7 Å². The molecule has 1 fully saturated rings. The lowest BCUT2D eigenvalue weighted by Crippen LogP contribution is -2.51. The third kappa shape index (κ3) is 2.75. The first-order valence-electron chi connectivity index (χ1n) is 7.75. The number of hydrogen-bond donors (Lipinski definition) is 1. The first-order chi connectivity index (χ1) is 11.1. The Morgan fingerprint density at radius 3 is 2.42 bits per heavy atom. The van der Waals surface area contributed by atoms with Crippen molar-refractivity contribution in [1.82, 2.24) is 10.4 Å². The number of carbonyl (C=O) groups is 1. The quantitative estimate of drug-likeness (QED) is 0.888. The lowest BCUT2D eigenvalue weighted by molar-refractivity contribution is -0.204. The van der Waals surface area contributed by atoms with Gasteiger partial charge < -0.3 is 0 Å². The van der Waals surface area contributed by atoms with Crippen LogP contribution in [0, 0.1) is 6.92 Å². The second-order valence-electron chi connectivity index (χ2n) is 6.84. The average Bonchev–Trinajstić information content (AvgIpc) is 2.73. The largest absolute Gasteiger partial charge is 0.409 e. The van der Waals surface area contributed by atoms with Gasteiger partial charge in [-0.05, 0) is 42.7 Å². The number of aryl methyl sites for hydroxylation is 1. The Balaban J connectivity index is 2.18. The summed E-state index contributed by atoms with van der Waals surface area (Å²) in [5, 5.41) is 2.73. The third-order valence-electron chi connectivity index (χ3n) is 4.59. The van der Waals surface area contributed by atoms with Gasteiger partial charge in [-0.1, -0.05) is 36.4 Å². The Hall–Kier alpha value is -2.08. The molecule has 0 bridgehead atoms. The van der Waals surface area contributed by atoms with Gasteiger partial charge in [0.25, 0.3) is 0 Å². The van der Waals surface area contributed by atoms with E-state index in [-0.39, 0.29) is 12.0 Å². The summed E-state index contributed by atoms with van der Waals surface area (Å²) in [5.41, 5.74) is 2.22. The lowest BCUT2D eigenvalue weighted by atomic mass is 9.92. The lowest BCUT2D eigenvalue weighted by Gasteiger charge is -2.38. The molecule has 1 amide bonds. The van der Waals surface area contributed by atoms with E-state index in [0.29, 0.717) is 5.56 Å². The fourth-order valence-corrected chi connectivity index (χ4v) is 3.42. The molecule has 1 heterocycles. The van der Waals surface area contributed by atoms with Crippen molar-refractivity contribution in [3.63, 3.8) is 0 Å². The predicted octanol–water partition coefficient (Wildman–Crippen LogP) is 4.27. The highest BCUT2D eigenvalue weighted by Gasteiger charge is 2.53. The van der Waals surface area contributed by atoms with Crippen molar-refractivity contribution in [2.45, 2.75) is 44.9 Å². The van der Waals surface area contributed by atoms with Crippen LogP contribution < -0.4 is 5.43 Å². The SMILES string of the molecule is Cc1c(C(N2NC(=O)CC2(C)C)C(F)(F)F)ccc2ccccc12. The molecule has 1 saturated heterocycles. The molecule has 1 aliphatic rings. The number of amides is 1. The van der Waals surface area contributed by atoms with Gasteiger partial charge in [0.1, 0.15) is 0 Å². The van der Waals surface area contributed by atoms with Crippen LogP contribution in [0.15, 0.2) is 36.4 Å². The maximum absolute atomic E-state index is 13.9. The van der Waals surface area contributed by atoms with Crippen LogP contribution in [-0.2, 0) is 4.79 Å². The van der Waals surface area contributed by atoms with Crippen molar-refractivity contribution in [3.8, 4) is 0 Å². The normalized spacial score (nSPS) is 19.5. The number of fused-ring (bicyclic) bond motifs is 1. The number of nitrogens with zero attached hydrogens (tertiary/aromatic N) is 1. The second-order valence-corrected chi connectivity index (χ2v) is 6.84. The van der Waals surface area contributed by atoms with Crippen LogP contribution in [0.5, 0.6) is 0 Å². The van der Waals surface area contributed by atoms with Gasteiger partial charge in [-0.25, -0.2) is 0 Å². The van der Waals surface area contributed by atoms with Crippen molar-refractivity contribution in [2.24, 2.45) is 0 Å².